The minimum absolute atomic E-state index is 0.629. The van der Waals surface area contributed by atoms with Crippen LogP contribution >= 0.6 is 27.7 Å². The fourth-order valence-corrected chi connectivity index (χ4v) is 2.71. The number of nitrogen functional groups attached to an aromatic ring is 1. The summed E-state index contributed by atoms with van der Waals surface area (Å²) in [5.41, 5.74) is 7.10. The Morgan fingerprint density at radius 3 is 2.76 bits per heavy atom. The van der Waals surface area contributed by atoms with Gasteiger partial charge in [-0.2, -0.15) is 5.26 Å². The van der Waals surface area contributed by atoms with Gasteiger partial charge in [0.1, 0.15) is 0 Å². The highest BCUT2D eigenvalue weighted by Crippen LogP contribution is 2.36. The Morgan fingerprint density at radius 1 is 1.29 bits per heavy atom. The van der Waals surface area contributed by atoms with E-state index >= 15 is 0 Å². The van der Waals surface area contributed by atoms with Gasteiger partial charge in [-0.3, -0.25) is 4.98 Å². The van der Waals surface area contributed by atoms with Gasteiger partial charge in [0.15, 0.2) is 0 Å². The van der Waals surface area contributed by atoms with Crippen molar-refractivity contribution >= 4 is 33.4 Å². The van der Waals surface area contributed by atoms with Crippen LogP contribution in [0, 0.1) is 11.3 Å². The summed E-state index contributed by atoms with van der Waals surface area (Å²) in [6, 6.07) is 9.43. The van der Waals surface area contributed by atoms with Crippen molar-refractivity contribution in [3.8, 4) is 6.07 Å². The van der Waals surface area contributed by atoms with Crippen molar-refractivity contribution in [1.82, 2.24) is 4.98 Å². The molecule has 2 rings (SSSR count). The van der Waals surface area contributed by atoms with E-state index in [9.17, 15) is 0 Å². The fourth-order valence-electron chi connectivity index (χ4n) is 1.26. The molecule has 0 fully saturated rings. The standard InChI is InChI=1S/C12H8BrN3S/c13-9-5-8(6-14)1-2-11(9)17-12-3-4-16-7-10(12)15/h1-5,7H,15H2. The number of nitrogens with zero attached hydrogens (tertiary/aromatic N) is 2. The lowest BCUT2D eigenvalue weighted by Crippen LogP contribution is -1.89. The van der Waals surface area contributed by atoms with Gasteiger partial charge in [0.2, 0.25) is 0 Å². The summed E-state index contributed by atoms with van der Waals surface area (Å²) < 4.78 is 0.887. The Hall–Kier alpha value is -1.51. The molecule has 2 N–H and O–H groups in total. The van der Waals surface area contributed by atoms with Crippen molar-refractivity contribution in [2.24, 2.45) is 0 Å². The maximum Gasteiger partial charge on any atom is 0.0992 e. The first-order valence-corrected chi connectivity index (χ1v) is 6.38. The maximum atomic E-state index is 8.78. The zero-order chi connectivity index (χ0) is 12.3. The fraction of sp³-hybridized carbons (Fsp3) is 0. The van der Waals surface area contributed by atoms with E-state index in [-0.39, 0.29) is 0 Å². The number of nitriles is 1. The Balaban J connectivity index is 2.32. The molecular weight excluding hydrogens is 298 g/mol. The van der Waals surface area contributed by atoms with Crippen LogP contribution in [-0.4, -0.2) is 4.98 Å². The lowest BCUT2D eigenvalue weighted by Gasteiger charge is -2.06. The Kier molecular flexibility index (Phi) is 3.67. The number of aromatic nitrogens is 1. The van der Waals surface area contributed by atoms with Gasteiger partial charge in [0, 0.05) is 20.5 Å². The van der Waals surface area contributed by atoms with Gasteiger partial charge in [-0.1, -0.05) is 11.8 Å². The van der Waals surface area contributed by atoms with Crippen LogP contribution in [0.1, 0.15) is 5.56 Å². The highest BCUT2D eigenvalue weighted by Gasteiger charge is 2.06. The Labute approximate surface area is 112 Å². The van der Waals surface area contributed by atoms with Crippen LogP contribution in [0.3, 0.4) is 0 Å². The smallest absolute Gasteiger partial charge is 0.0992 e. The minimum atomic E-state index is 0.629. The van der Waals surface area contributed by atoms with Gasteiger partial charge in [0.05, 0.1) is 23.5 Å². The normalized spacial score (nSPS) is 9.88. The predicted molar refractivity (Wildman–Crippen MR) is 71.6 cm³/mol. The molecule has 1 aromatic carbocycles. The second-order valence-electron chi connectivity index (χ2n) is 3.27. The summed E-state index contributed by atoms with van der Waals surface area (Å²) in [5.74, 6) is 0. The lowest BCUT2D eigenvalue weighted by atomic mass is 10.2. The van der Waals surface area contributed by atoms with Crippen molar-refractivity contribution in [2.45, 2.75) is 9.79 Å². The molecule has 0 radical (unpaired) electrons. The van der Waals surface area contributed by atoms with Gasteiger partial charge in [-0.05, 0) is 40.2 Å². The molecule has 0 bridgehead atoms. The third kappa shape index (κ3) is 2.78. The summed E-state index contributed by atoms with van der Waals surface area (Å²) in [4.78, 5) is 5.91. The molecule has 0 amide bonds. The number of halogens is 1. The number of rotatable bonds is 2. The summed E-state index contributed by atoms with van der Waals surface area (Å²) in [6.45, 7) is 0. The van der Waals surface area contributed by atoms with Crippen molar-refractivity contribution in [2.75, 3.05) is 5.73 Å². The molecule has 0 atom stereocenters. The second-order valence-corrected chi connectivity index (χ2v) is 5.21. The van der Waals surface area contributed by atoms with E-state index in [2.05, 4.69) is 27.0 Å². The van der Waals surface area contributed by atoms with Gasteiger partial charge >= 0.3 is 0 Å². The molecule has 0 aliphatic carbocycles. The van der Waals surface area contributed by atoms with Crippen molar-refractivity contribution < 1.29 is 0 Å². The number of anilines is 1. The topological polar surface area (TPSA) is 62.7 Å². The molecule has 0 aliphatic heterocycles. The largest absolute Gasteiger partial charge is 0.397 e. The van der Waals surface area contributed by atoms with Crippen LogP contribution in [0.5, 0.6) is 0 Å². The molecule has 0 aliphatic rings. The third-order valence-electron chi connectivity index (χ3n) is 2.09. The molecule has 1 aromatic heterocycles. The summed E-state index contributed by atoms with van der Waals surface area (Å²) in [7, 11) is 0. The molecule has 2 aromatic rings. The van der Waals surface area contributed by atoms with Crippen LogP contribution in [0.4, 0.5) is 5.69 Å². The summed E-state index contributed by atoms with van der Waals surface area (Å²) >= 11 is 4.98. The highest BCUT2D eigenvalue weighted by molar-refractivity contribution is 9.10. The van der Waals surface area contributed by atoms with Crippen LogP contribution in [0.2, 0.25) is 0 Å². The second kappa shape index (κ2) is 5.21. The van der Waals surface area contributed by atoms with E-state index in [0.717, 1.165) is 14.3 Å². The van der Waals surface area contributed by atoms with E-state index in [0.29, 0.717) is 11.3 Å². The lowest BCUT2D eigenvalue weighted by molar-refractivity contribution is 1.26. The molecule has 1 heterocycles. The molecule has 0 saturated heterocycles. The number of pyridine rings is 1. The van der Waals surface area contributed by atoms with Crippen LogP contribution in [0.15, 0.2) is 50.9 Å². The van der Waals surface area contributed by atoms with Crippen LogP contribution in [-0.2, 0) is 0 Å². The molecule has 0 spiro atoms. The van der Waals surface area contributed by atoms with E-state index in [4.69, 9.17) is 11.0 Å². The van der Waals surface area contributed by atoms with E-state index in [1.165, 1.54) is 11.8 Å². The molecule has 0 unspecified atom stereocenters. The van der Waals surface area contributed by atoms with Crippen LogP contribution < -0.4 is 5.73 Å². The molecule has 0 saturated carbocycles. The van der Waals surface area contributed by atoms with Crippen molar-refractivity contribution in [1.29, 1.82) is 5.26 Å². The monoisotopic (exact) mass is 305 g/mol. The predicted octanol–water partition coefficient (Wildman–Crippen LogP) is 3.45. The number of benzene rings is 1. The minimum Gasteiger partial charge on any atom is -0.397 e. The molecule has 17 heavy (non-hydrogen) atoms. The molecular formula is C12H8BrN3S. The number of hydrogen-bond donors (Lipinski definition) is 1. The van der Waals surface area contributed by atoms with E-state index in [1.54, 1.807) is 24.5 Å². The highest BCUT2D eigenvalue weighted by atomic mass is 79.9. The first-order chi connectivity index (χ1) is 8.20. The van der Waals surface area contributed by atoms with Gasteiger partial charge in [-0.15, -0.1) is 0 Å². The van der Waals surface area contributed by atoms with E-state index in [1.807, 2.05) is 12.1 Å². The van der Waals surface area contributed by atoms with Gasteiger partial charge in [0.25, 0.3) is 0 Å². The zero-order valence-electron chi connectivity index (χ0n) is 8.72. The maximum absolute atomic E-state index is 8.78. The SMILES string of the molecule is N#Cc1ccc(Sc2ccncc2N)c(Br)c1. The summed E-state index contributed by atoms with van der Waals surface area (Å²) in [5, 5.41) is 8.78. The van der Waals surface area contributed by atoms with E-state index < -0.39 is 0 Å². The zero-order valence-corrected chi connectivity index (χ0v) is 11.1. The quantitative estimate of drug-likeness (QED) is 0.923. The molecule has 3 nitrogen and oxygen atoms in total. The molecule has 84 valence electrons. The molecule has 5 heteroatoms. The average Bonchev–Trinajstić information content (AvgIpc) is 2.34. The third-order valence-corrected chi connectivity index (χ3v) is 4.18. The average molecular weight is 306 g/mol. The number of hydrogen-bond acceptors (Lipinski definition) is 4. The van der Waals surface area contributed by atoms with Gasteiger partial charge in [-0.25, -0.2) is 0 Å². The van der Waals surface area contributed by atoms with Crippen LogP contribution in [0.25, 0.3) is 0 Å². The van der Waals surface area contributed by atoms with Crippen molar-refractivity contribution in [3.05, 3.63) is 46.7 Å². The first-order valence-electron chi connectivity index (χ1n) is 4.77. The summed E-state index contributed by atoms with van der Waals surface area (Å²) in [6.07, 6.45) is 3.33. The first kappa shape index (κ1) is 12.0. The van der Waals surface area contributed by atoms with Gasteiger partial charge < -0.3 is 5.73 Å². The Morgan fingerprint density at radius 2 is 2.12 bits per heavy atom. The van der Waals surface area contributed by atoms with Crippen molar-refractivity contribution in [3.63, 3.8) is 0 Å². The number of nitrogens with two attached hydrogens (primary N) is 1. The Bertz CT molecular complexity index is 593.